The summed E-state index contributed by atoms with van der Waals surface area (Å²) in [6.45, 7) is 3.94. The zero-order valence-electron chi connectivity index (χ0n) is 12.6. The molecule has 2 aromatic rings. The molecule has 0 unspecified atom stereocenters. The minimum absolute atomic E-state index is 0.0156. The lowest BCUT2D eigenvalue weighted by Gasteiger charge is -2.29. The van der Waals surface area contributed by atoms with Crippen molar-refractivity contribution >= 4 is 23.2 Å². The van der Waals surface area contributed by atoms with Crippen LogP contribution in [0.3, 0.4) is 0 Å². The number of carbonyl (C=O) groups is 1. The summed E-state index contributed by atoms with van der Waals surface area (Å²) in [5, 5.41) is 3.77. The number of hydrogen-bond donors (Lipinski definition) is 1. The van der Waals surface area contributed by atoms with Gasteiger partial charge in [0.15, 0.2) is 10.7 Å². The fourth-order valence-corrected chi connectivity index (χ4v) is 3.40. The topological polar surface area (TPSA) is 32.3 Å². The highest BCUT2D eigenvalue weighted by Crippen LogP contribution is 2.36. The van der Waals surface area contributed by atoms with Crippen LogP contribution in [0.5, 0.6) is 0 Å². The Hall–Kier alpha value is -2.20. The molecular weight excluding hydrogens is 292 g/mol. The molecule has 1 heterocycles. The SMILES string of the molecule is CC(C)N1C(=O)C(c2ccccc2)(c2ccccc2)NC1=S. The summed E-state index contributed by atoms with van der Waals surface area (Å²) < 4.78 is 0. The Bertz CT molecular complexity index is 658. The largest absolute Gasteiger partial charge is 0.341 e. The molecule has 0 saturated carbocycles. The molecule has 1 amide bonds. The molecule has 3 nitrogen and oxygen atoms in total. The van der Waals surface area contributed by atoms with Crippen LogP contribution in [0.4, 0.5) is 0 Å². The first-order chi connectivity index (χ1) is 10.6. The lowest BCUT2D eigenvalue weighted by atomic mass is 9.82. The van der Waals surface area contributed by atoms with Crippen molar-refractivity contribution in [2.45, 2.75) is 25.4 Å². The molecule has 0 aliphatic carbocycles. The van der Waals surface area contributed by atoms with Crippen LogP contribution in [0.2, 0.25) is 0 Å². The highest BCUT2D eigenvalue weighted by molar-refractivity contribution is 7.80. The van der Waals surface area contributed by atoms with Gasteiger partial charge in [0, 0.05) is 6.04 Å². The second kappa shape index (κ2) is 5.54. The Labute approximate surface area is 136 Å². The van der Waals surface area contributed by atoms with Gasteiger partial charge in [-0.1, -0.05) is 60.7 Å². The first-order valence-electron chi connectivity index (χ1n) is 7.34. The van der Waals surface area contributed by atoms with Gasteiger partial charge in [0.05, 0.1) is 0 Å². The average molecular weight is 310 g/mol. The van der Waals surface area contributed by atoms with E-state index in [4.69, 9.17) is 12.2 Å². The molecule has 4 heteroatoms. The Morgan fingerprint density at radius 1 is 0.955 bits per heavy atom. The van der Waals surface area contributed by atoms with Crippen LogP contribution in [0.1, 0.15) is 25.0 Å². The Morgan fingerprint density at radius 2 is 1.41 bits per heavy atom. The first-order valence-corrected chi connectivity index (χ1v) is 7.75. The van der Waals surface area contributed by atoms with Crippen LogP contribution in [-0.2, 0) is 10.3 Å². The van der Waals surface area contributed by atoms with Crippen molar-refractivity contribution in [3.05, 3.63) is 71.8 Å². The zero-order chi connectivity index (χ0) is 15.7. The number of thiocarbonyl (C=S) groups is 1. The van der Waals surface area contributed by atoms with Crippen molar-refractivity contribution in [3.8, 4) is 0 Å². The molecule has 0 atom stereocenters. The van der Waals surface area contributed by atoms with Crippen molar-refractivity contribution in [1.29, 1.82) is 0 Å². The van der Waals surface area contributed by atoms with Crippen molar-refractivity contribution in [3.63, 3.8) is 0 Å². The molecule has 3 rings (SSSR count). The fraction of sp³-hybridized carbons (Fsp3) is 0.222. The molecule has 1 fully saturated rings. The van der Waals surface area contributed by atoms with Crippen molar-refractivity contribution in [2.75, 3.05) is 0 Å². The number of rotatable bonds is 3. The van der Waals surface area contributed by atoms with E-state index in [2.05, 4.69) is 5.32 Å². The summed E-state index contributed by atoms with van der Waals surface area (Å²) in [5.41, 5.74) is 0.859. The van der Waals surface area contributed by atoms with E-state index in [1.807, 2.05) is 74.5 Å². The highest BCUT2D eigenvalue weighted by Gasteiger charge is 2.52. The zero-order valence-corrected chi connectivity index (χ0v) is 13.4. The maximum absolute atomic E-state index is 13.3. The summed E-state index contributed by atoms with van der Waals surface area (Å²) in [4.78, 5) is 14.9. The van der Waals surface area contributed by atoms with Gasteiger partial charge in [-0.2, -0.15) is 0 Å². The van der Waals surface area contributed by atoms with Crippen LogP contribution in [0, 0.1) is 0 Å². The van der Waals surface area contributed by atoms with Gasteiger partial charge in [0.1, 0.15) is 0 Å². The van der Waals surface area contributed by atoms with Gasteiger partial charge >= 0.3 is 0 Å². The van der Waals surface area contributed by atoms with Crippen molar-refractivity contribution in [1.82, 2.24) is 10.2 Å². The highest BCUT2D eigenvalue weighted by atomic mass is 32.1. The quantitative estimate of drug-likeness (QED) is 0.884. The van der Waals surface area contributed by atoms with Gasteiger partial charge in [-0.05, 0) is 37.2 Å². The lowest BCUT2D eigenvalue weighted by molar-refractivity contribution is -0.131. The monoisotopic (exact) mass is 310 g/mol. The normalized spacial score (nSPS) is 17.0. The van der Waals surface area contributed by atoms with Gasteiger partial charge in [-0.25, -0.2) is 0 Å². The maximum atomic E-state index is 13.3. The molecule has 1 aliphatic rings. The molecule has 1 saturated heterocycles. The summed E-state index contributed by atoms with van der Waals surface area (Å²) >= 11 is 5.44. The van der Waals surface area contributed by atoms with Gasteiger partial charge < -0.3 is 5.32 Å². The fourth-order valence-electron chi connectivity index (χ4n) is 2.95. The standard InChI is InChI=1S/C18H18N2OS/c1-13(2)20-16(21)18(19-17(20)22,14-9-5-3-6-10-14)15-11-7-4-8-12-15/h3-13H,1-2H3,(H,19,22). The van der Waals surface area contributed by atoms with Crippen molar-refractivity contribution in [2.24, 2.45) is 0 Å². The molecule has 1 aliphatic heterocycles. The number of nitrogens with zero attached hydrogens (tertiary/aromatic N) is 1. The molecule has 112 valence electrons. The van der Waals surface area contributed by atoms with Crippen LogP contribution in [0.15, 0.2) is 60.7 Å². The van der Waals surface area contributed by atoms with E-state index in [0.717, 1.165) is 11.1 Å². The van der Waals surface area contributed by atoms with Crippen LogP contribution in [0.25, 0.3) is 0 Å². The third-order valence-electron chi connectivity index (χ3n) is 3.98. The minimum atomic E-state index is -0.941. The number of hydrogen-bond acceptors (Lipinski definition) is 2. The maximum Gasteiger partial charge on any atom is 0.264 e. The lowest BCUT2D eigenvalue weighted by Crippen LogP contribution is -2.45. The third kappa shape index (κ3) is 2.11. The second-order valence-electron chi connectivity index (χ2n) is 5.68. The van der Waals surface area contributed by atoms with Gasteiger partial charge in [0.25, 0.3) is 5.91 Å². The van der Waals surface area contributed by atoms with E-state index < -0.39 is 5.54 Å². The number of nitrogens with one attached hydrogen (secondary N) is 1. The summed E-state index contributed by atoms with van der Waals surface area (Å²) in [6.07, 6.45) is 0. The van der Waals surface area contributed by atoms with Crippen molar-refractivity contribution < 1.29 is 4.79 Å². The molecule has 0 spiro atoms. The van der Waals surface area contributed by atoms with Gasteiger partial charge in [-0.3, -0.25) is 9.69 Å². The van der Waals surface area contributed by atoms with E-state index in [0.29, 0.717) is 5.11 Å². The third-order valence-corrected chi connectivity index (χ3v) is 4.28. The minimum Gasteiger partial charge on any atom is -0.341 e. The molecule has 0 aromatic heterocycles. The molecule has 22 heavy (non-hydrogen) atoms. The molecule has 2 aromatic carbocycles. The Kier molecular flexibility index (Phi) is 3.71. The van der Waals surface area contributed by atoms with E-state index in [1.165, 1.54) is 0 Å². The van der Waals surface area contributed by atoms with Crippen LogP contribution in [-0.4, -0.2) is 22.0 Å². The molecular formula is C18H18N2OS. The summed E-state index contributed by atoms with van der Waals surface area (Å²) in [5.74, 6) is -0.0232. The predicted molar refractivity (Wildman–Crippen MR) is 91.4 cm³/mol. The number of carbonyl (C=O) groups excluding carboxylic acids is 1. The van der Waals surface area contributed by atoms with E-state index in [9.17, 15) is 4.79 Å². The average Bonchev–Trinajstić information content (AvgIpc) is 2.81. The Morgan fingerprint density at radius 3 is 1.77 bits per heavy atom. The Balaban J connectivity index is 2.23. The van der Waals surface area contributed by atoms with Gasteiger partial charge in [0.2, 0.25) is 0 Å². The molecule has 1 N–H and O–H groups in total. The van der Waals surface area contributed by atoms with Gasteiger partial charge in [-0.15, -0.1) is 0 Å². The molecule has 0 radical (unpaired) electrons. The number of benzene rings is 2. The van der Waals surface area contributed by atoms with Crippen LogP contribution < -0.4 is 5.32 Å². The summed E-state index contributed by atoms with van der Waals surface area (Å²) in [7, 11) is 0. The second-order valence-corrected chi connectivity index (χ2v) is 6.07. The number of amides is 1. The molecule has 0 bridgehead atoms. The predicted octanol–water partition coefficient (Wildman–Crippen LogP) is 3.06. The van der Waals surface area contributed by atoms with E-state index >= 15 is 0 Å². The summed E-state index contributed by atoms with van der Waals surface area (Å²) in [6, 6.07) is 19.5. The van der Waals surface area contributed by atoms with E-state index in [-0.39, 0.29) is 11.9 Å². The van der Waals surface area contributed by atoms with Crippen LogP contribution >= 0.6 is 12.2 Å². The first kappa shape index (κ1) is 14.7. The smallest absolute Gasteiger partial charge is 0.264 e. The van der Waals surface area contributed by atoms with E-state index in [1.54, 1.807) is 4.90 Å².